The Morgan fingerprint density at radius 2 is 1.57 bits per heavy atom. The molecule has 0 saturated heterocycles. The summed E-state index contributed by atoms with van der Waals surface area (Å²) < 4.78 is 5.28. The predicted molar refractivity (Wildman–Crippen MR) is 149 cm³/mol. The summed E-state index contributed by atoms with van der Waals surface area (Å²) in [6.45, 7) is 16.9. The number of carbonyl (C=O) groups excluding carboxylic acids is 2. The monoisotopic (exact) mass is 511 g/mol. The number of esters is 1. The molecule has 0 aromatic carbocycles. The van der Waals surface area contributed by atoms with Gasteiger partial charge >= 0.3 is 5.97 Å². The van der Waals surface area contributed by atoms with Crippen molar-refractivity contribution in [3.8, 4) is 0 Å². The Morgan fingerprint density at radius 1 is 0.919 bits per heavy atom. The molecule has 37 heavy (non-hydrogen) atoms. The number of ether oxygens (including phenoxy) is 1. The maximum atomic E-state index is 14.5. The van der Waals surface area contributed by atoms with Gasteiger partial charge in [-0.3, -0.25) is 9.59 Å². The first kappa shape index (κ1) is 27.4. The first-order valence-corrected chi connectivity index (χ1v) is 15.0. The van der Waals surface area contributed by atoms with Crippen molar-refractivity contribution in [3.05, 3.63) is 11.6 Å². The zero-order valence-corrected chi connectivity index (χ0v) is 25.4. The van der Waals surface area contributed by atoms with E-state index in [0.717, 1.165) is 38.5 Å². The number of rotatable bonds is 2. The normalized spacial score (nSPS) is 50.8. The minimum atomic E-state index is -0.461. The number of allylic oxidation sites excluding steroid dienone is 2. The van der Waals surface area contributed by atoms with Crippen LogP contribution in [-0.4, -0.2) is 43.9 Å². The lowest BCUT2D eigenvalue weighted by Gasteiger charge is -2.71. The summed E-state index contributed by atoms with van der Waals surface area (Å²) >= 11 is 0. The summed E-state index contributed by atoms with van der Waals surface area (Å²) in [5, 5.41) is 0. The van der Waals surface area contributed by atoms with E-state index in [9.17, 15) is 9.59 Å². The number of hydrogen-bond acceptors (Lipinski definition) is 4. The molecule has 0 aromatic heterocycles. The quantitative estimate of drug-likeness (QED) is 0.372. The van der Waals surface area contributed by atoms with Gasteiger partial charge in [0, 0.05) is 12.0 Å². The molecule has 4 saturated carbocycles. The van der Waals surface area contributed by atoms with Crippen LogP contribution in [0.4, 0.5) is 0 Å². The van der Waals surface area contributed by atoms with Crippen LogP contribution in [0.25, 0.3) is 0 Å². The molecule has 0 N–H and O–H groups in total. The Labute approximate surface area is 226 Å². The molecule has 0 bridgehead atoms. The van der Waals surface area contributed by atoms with E-state index >= 15 is 0 Å². The van der Waals surface area contributed by atoms with Crippen LogP contribution in [0.2, 0.25) is 0 Å². The van der Waals surface area contributed by atoms with Crippen molar-refractivity contribution in [2.45, 2.75) is 112 Å². The SMILES string of the molecule is COC(=O)[C@@]1(C)CC[C@]2(C)CC[C@]3(C)C(=CC(=O)C4[C@@]5(C)CCC(N(C)C)C(C)(C)C5CC[C@]43C)C2C1. The zero-order valence-electron chi connectivity index (χ0n) is 25.4. The highest BCUT2D eigenvalue weighted by Gasteiger charge is 2.70. The highest BCUT2D eigenvalue weighted by atomic mass is 16.5. The number of fused-ring (bicyclic) bond motifs is 7. The molecule has 0 spiro atoms. The molecule has 4 nitrogen and oxygen atoms in total. The van der Waals surface area contributed by atoms with E-state index in [0.29, 0.717) is 17.7 Å². The third-order valence-corrected chi connectivity index (χ3v) is 13.9. The second-order valence-electron chi connectivity index (χ2n) is 16.1. The predicted octanol–water partition coefficient (Wildman–Crippen LogP) is 7.07. The van der Waals surface area contributed by atoms with Gasteiger partial charge in [-0.25, -0.2) is 0 Å². The first-order valence-electron chi connectivity index (χ1n) is 15.0. The van der Waals surface area contributed by atoms with E-state index < -0.39 is 5.41 Å². The lowest BCUT2D eigenvalue weighted by molar-refractivity contribution is -0.194. The van der Waals surface area contributed by atoms with Gasteiger partial charge < -0.3 is 9.64 Å². The number of methoxy groups -OCH3 is 1. The molecule has 0 aliphatic heterocycles. The highest BCUT2D eigenvalue weighted by Crippen LogP contribution is 2.75. The topological polar surface area (TPSA) is 46.6 Å². The van der Waals surface area contributed by atoms with Crippen LogP contribution in [0.15, 0.2) is 11.6 Å². The van der Waals surface area contributed by atoms with Gasteiger partial charge in [-0.05, 0) is 124 Å². The summed E-state index contributed by atoms with van der Waals surface area (Å²) in [4.78, 5) is 29.8. The van der Waals surface area contributed by atoms with E-state index in [1.54, 1.807) is 0 Å². The molecule has 0 radical (unpaired) electrons. The largest absolute Gasteiger partial charge is 0.469 e. The van der Waals surface area contributed by atoms with Crippen LogP contribution in [0.5, 0.6) is 0 Å². The van der Waals surface area contributed by atoms with Gasteiger partial charge in [-0.2, -0.15) is 0 Å². The number of nitrogens with zero attached hydrogens (tertiary/aromatic N) is 1. The van der Waals surface area contributed by atoms with E-state index in [1.165, 1.54) is 31.9 Å². The molecule has 208 valence electrons. The fraction of sp³-hybridized carbons (Fsp3) is 0.879. The van der Waals surface area contributed by atoms with Crippen LogP contribution in [0, 0.1) is 50.2 Å². The van der Waals surface area contributed by atoms with E-state index in [4.69, 9.17) is 4.74 Å². The standard InChI is InChI=1S/C33H53NO3/c1-28(2)24-11-14-33(7)26(31(24,5)13-12-25(28)34(8)9)23(35)19-21-22-20-30(4,27(36)37-10)16-15-29(22,3)17-18-32(21,33)6/h19,22,24-26H,11-18,20H2,1-10H3/t22?,24?,25?,26?,29-,30+,31+,32-,33-/m1/s1. The lowest BCUT2D eigenvalue weighted by atomic mass is 9.33. The third-order valence-electron chi connectivity index (χ3n) is 13.9. The van der Waals surface area contributed by atoms with Crippen molar-refractivity contribution in [1.82, 2.24) is 4.90 Å². The van der Waals surface area contributed by atoms with Crippen molar-refractivity contribution < 1.29 is 14.3 Å². The Morgan fingerprint density at radius 3 is 2.19 bits per heavy atom. The average Bonchev–Trinajstić information content (AvgIpc) is 2.80. The minimum absolute atomic E-state index is 0.000637. The molecule has 9 atom stereocenters. The molecule has 0 aromatic rings. The van der Waals surface area contributed by atoms with Crippen LogP contribution in [-0.2, 0) is 14.3 Å². The zero-order chi connectivity index (χ0) is 27.4. The number of carbonyl (C=O) groups is 2. The number of ketones is 1. The van der Waals surface area contributed by atoms with Crippen LogP contribution >= 0.6 is 0 Å². The summed E-state index contributed by atoms with van der Waals surface area (Å²) in [6, 6.07) is 0.559. The Balaban J connectivity index is 1.59. The fourth-order valence-corrected chi connectivity index (χ4v) is 11.5. The van der Waals surface area contributed by atoms with Gasteiger partial charge in [-0.1, -0.05) is 47.1 Å². The van der Waals surface area contributed by atoms with E-state index in [2.05, 4.69) is 73.5 Å². The molecular formula is C33H53NO3. The molecular weight excluding hydrogens is 458 g/mol. The van der Waals surface area contributed by atoms with Crippen molar-refractivity contribution in [1.29, 1.82) is 0 Å². The summed E-state index contributed by atoms with van der Waals surface area (Å²) in [6.07, 6.45) is 11.8. The van der Waals surface area contributed by atoms with E-state index in [-0.39, 0.29) is 44.9 Å². The van der Waals surface area contributed by atoms with Crippen molar-refractivity contribution in [2.24, 2.45) is 50.2 Å². The average molecular weight is 512 g/mol. The Kier molecular flexibility index (Phi) is 6.06. The molecule has 0 heterocycles. The number of hydrogen-bond donors (Lipinski definition) is 0. The third kappa shape index (κ3) is 3.42. The summed E-state index contributed by atoms with van der Waals surface area (Å²) in [7, 11) is 5.98. The molecule has 5 rings (SSSR count). The van der Waals surface area contributed by atoms with Crippen LogP contribution in [0.3, 0.4) is 0 Å². The highest BCUT2D eigenvalue weighted by molar-refractivity contribution is 5.95. The molecule has 4 fully saturated rings. The van der Waals surface area contributed by atoms with Crippen molar-refractivity contribution in [2.75, 3.05) is 21.2 Å². The molecule has 0 amide bonds. The molecule has 5 aliphatic rings. The smallest absolute Gasteiger partial charge is 0.311 e. The summed E-state index contributed by atoms with van der Waals surface area (Å²) in [5.74, 6) is 1.21. The Hall–Kier alpha value is -1.16. The maximum absolute atomic E-state index is 14.5. The van der Waals surface area contributed by atoms with Gasteiger partial charge in [-0.15, -0.1) is 0 Å². The Bertz CT molecular complexity index is 1030. The summed E-state index contributed by atoms with van der Waals surface area (Å²) in [5.41, 5.74) is 1.25. The van der Waals surface area contributed by atoms with E-state index in [1.807, 2.05) is 0 Å². The first-order chi connectivity index (χ1) is 17.0. The van der Waals surface area contributed by atoms with Gasteiger partial charge in [0.05, 0.1) is 12.5 Å². The lowest BCUT2D eigenvalue weighted by Crippen LogP contribution is -2.67. The molecule has 4 unspecified atom stereocenters. The van der Waals surface area contributed by atoms with Gasteiger partial charge in [0.15, 0.2) is 5.78 Å². The second kappa shape index (κ2) is 8.18. The fourth-order valence-electron chi connectivity index (χ4n) is 11.5. The van der Waals surface area contributed by atoms with Gasteiger partial charge in [0.2, 0.25) is 0 Å². The maximum Gasteiger partial charge on any atom is 0.311 e. The van der Waals surface area contributed by atoms with Crippen LogP contribution in [0.1, 0.15) is 106 Å². The van der Waals surface area contributed by atoms with Crippen LogP contribution < -0.4 is 0 Å². The van der Waals surface area contributed by atoms with Gasteiger partial charge in [0.25, 0.3) is 0 Å². The molecule has 5 aliphatic carbocycles. The second-order valence-corrected chi connectivity index (χ2v) is 16.1. The minimum Gasteiger partial charge on any atom is -0.469 e. The van der Waals surface area contributed by atoms with Gasteiger partial charge in [0.1, 0.15) is 0 Å². The van der Waals surface area contributed by atoms with Crippen molar-refractivity contribution in [3.63, 3.8) is 0 Å². The molecule has 4 heteroatoms. The van der Waals surface area contributed by atoms with Crippen molar-refractivity contribution >= 4 is 11.8 Å².